The average molecular weight is 378 g/mol. The van der Waals surface area contributed by atoms with Gasteiger partial charge in [0.05, 0.1) is 17.9 Å². The predicted molar refractivity (Wildman–Crippen MR) is 121 cm³/mol. The van der Waals surface area contributed by atoms with E-state index < -0.39 is 6.10 Å². The fourth-order valence-electron chi connectivity index (χ4n) is 3.23. The van der Waals surface area contributed by atoms with Gasteiger partial charge >= 0.3 is 0 Å². The van der Waals surface area contributed by atoms with Crippen LogP contribution < -0.4 is 0 Å². The van der Waals surface area contributed by atoms with E-state index in [0.29, 0.717) is 0 Å². The van der Waals surface area contributed by atoms with Crippen molar-refractivity contribution in [2.75, 3.05) is 0 Å². The summed E-state index contributed by atoms with van der Waals surface area (Å²) in [5.74, 6) is 0. The second-order valence-electron chi connectivity index (χ2n) is 7.43. The summed E-state index contributed by atoms with van der Waals surface area (Å²) in [7, 11) is 0. The third-order valence-corrected chi connectivity index (χ3v) is 4.98. The summed E-state index contributed by atoms with van der Waals surface area (Å²) >= 11 is 0. The summed E-state index contributed by atoms with van der Waals surface area (Å²) in [5, 5.41) is 10.5. The summed E-state index contributed by atoms with van der Waals surface area (Å²) in [6, 6.07) is 20.2. The molecule has 2 nitrogen and oxygen atoms in total. The van der Waals surface area contributed by atoms with Gasteiger partial charge in [-0.05, 0) is 19.8 Å². The van der Waals surface area contributed by atoms with Gasteiger partial charge in [0.2, 0.25) is 0 Å². The number of benzene rings is 2. The van der Waals surface area contributed by atoms with Crippen molar-refractivity contribution >= 4 is 5.71 Å². The number of aliphatic hydroxyl groups is 1. The van der Waals surface area contributed by atoms with Gasteiger partial charge in [0.1, 0.15) is 0 Å². The van der Waals surface area contributed by atoms with Crippen LogP contribution in [0.3, 0.4) is 0 Å². The monoisotopic (exact) mass is 377 g/mol. The van der Waals surface area contributed by atoms with Crippen LogP contribution in [-0.4, -0.2) is 23.0 Å². The molecule has 0 aliphatic heterocycles. The van der Waals surface area contributed by atoms with Crippen molar-refractivity contribution in [3.05, 3.63) is 83.9 Å². The summed E-state index contributed by atoms with van der Waals surface area (Å²) in [6.45, 7) is 4.22. The third kappa shape index (κ3) is 7.82. The van der Waals surface area contributed by atoms with Gasteiger partial charge in [-0.2, -0.15) is 0 Å². The van der Waals surface area contributed by atoms with Crippen molar-refractivity contribution in [3.8, 4) is 0 Å². The topological polar surface area (TPSA) is 32.6 Å². The minimum atomic E-state index is -0.567. The molecule has 0 aromatic heterocycles. The molecule has 0 aliphatic rings. The van der Waals surface area contributed by atoms with E-state index in [1.54, 1.807) is 0 Å². The maximum absolute atomic E-state index is 10.5. The second-order valence-corrected chi connectivity index (χ2v) is 7.43. The van der Waals surface area contributed by atoms with Crippen molar-refractivity contribution in [1.29, 1.82) is 0 Å². The first kappa shape index (κ1) is 22.1. The third-order valence-electron chi connectivity index (χ3n) is 4.98. The number of aliphatic imine (C=N–C) groups is 1. The van der Waals surface area contributed by atoms with Crippen LogP contribution in [0.2, 0.25) is 0 Å². The molecule has 150 valence electrons. The molecule has 2 aromatic rings. The van der Waals surface area contributed by atoms with Crippen LogP contribution >= 0.6 is 0 Å². The molecule has 2 aromatic carbocycles. The van der Waals surface area contributed by atoms with Crippen molar-refractivity contribution in [2.24, 2.45) is 4.99 Å². The van der Waals surface area contributed by atoms with Crippen molar-refractivity contribution in [2.45, 2.75) is 70.9 Å². The Bertz CT molecular complexity index is 664. The first-order chi connectivity index (χ1) is 13.7. The minimum absolute atomic E-state index is 0.198. The molecule has 0 fully saturated rings. The Morgan fingerprint density at radius 1 is 0.857 bits per heavy atom. The van der Waals surface area contributed by atoms with Crippen molar-refractivity contribution in [1.82, 2.24) is 0 Å². The molecule has 2 atom stereocenters. The van der Waals surface area contributed by atoms with Gasteiger partial charge in [-0.3, -0.25) is 4.99 Å². The Morgan fingerprint density at radius 3 is 1.96 bits per heavy atom. The molecule has 0 saturated carbocycles. The molecule has 0 aliphatic carbocycles. The number of nitrogens with zero attached hydrogens (tertiary/aromatic N) is 1. The largest absolute Gasteiger partial charge is 0.387 e. The van der Waals surface area contributed by atoms with Crippen LogP contribution in [0.15, 0.2) is 77.8 Å². The number of unbranched alkanes of at least 4 members (excludes halogenated alkanes) is 6. The van der Waals surface area contributed by atoms with Crippen LogP contribution in [0.4, 0.5) is 0 Å². The molecule has 2 rings (SSSR count). The number of allylic oxidation sites excluding steroid dienone is 1. The minimum Gasteiger partial charge on any atom is -0.387 e. The molecular weight excluding hydrogens is 342 g/mol. The van der Waals surface area contributed by atoms with Crippen LogP contribution in [0.1, 0.15) is 69.9 Å². The van der Waals surface area contributed by atoms with Crippen molar-refractivity contribution in [3.63, 3.8) is 0 Å². The molecule has 0 spiro atoms. The lowest BCUT2D eigenvalue weighted by Gasteiger charge is -2.15. The molecule has 0 bridgehead atoms. The fraction of sp³-hybridized carbons (Fsp3) is 0.423. The van der Waals surface area contributed by atoms with Gasteiger partial charge in [-0.1, -0.05) is 112 Å². The molecule has 0 amide bonds. The van der Waals surface area contributed by atoms with Crippen LogP contribution in [0, 0.1) is 0 Å². The smallest absolute Gasteiger partial charge is 0.0941 e. The molecule has 1 N–H and O–H groups in total. The highest BCUT2D eigenvalue weighted by Gasteiger charge is 2.13. The van der Waals surface area contributed by atoms with Gasteiger partial charge in [0.25, 0.3) is 0 Å². The van der Waals surface area contributed by atoms with Crippen LogP contribution in [0.5, 0.6) is 0 Å². The summed E-state index contributed by atoms with van der Waals surface area (Å²) in [6.07, 6.45) is 12.3. The van der Waals surface area contributed by atoms with Gasteiger partial charge in [0, 0.05) is 11.1 Å². The Hall–Kier alpha value is -2.19. The summed E-state index contributed by atoms with van der Waals surface area (Å²) in [5.41, 5.74) is 3.07. The summed E-state index contributed by atoms with van der Waals surface area (Å²) < 4.78 is 0. The lowest BCUT2D eigenvalue weighted by Crippen LogP contribution is -2.21. The molecule has 28 heavy (non-hydrogen) atoms. The zero-order valence-electron chi connectivity index (χ0n) is 17.4. The zero-order chi connectivity index (χ0) is 20.0. The van der Waals surface area contributed by atoms with E-state index in [0.717, 1.165) is 23.3 Å². The lowest BCUT2D eigenvalue weighted by atomic mass is 10.0. The maximum atomic E-state index is 10.5. The predicted octanol–water partition coefficient (Wildman–Crippen LogP) is 6.58. The maximum Gasteiger partial charge on any atom is 0.0941 e. The highest BCUT2D eigenvalue weighted by atomic mass is 16.3. The Kier molecular flexibility index (Phi) is 10.3. The van der Waals surface area contributed by atoms with Crippen LogP contribution in [-0.2, 0) is 0 Å². The van der Waals surface area contributed by atoms with Crippen molar-refractivity contribution < 1.29 is 5.11 Å². The van der Waals surface area contributed by atoms with Crippen LogP contribution in [0.25, 0.3) is 0 Å². The van der Waals surface area contributed by atoms with E-state index in [1.807, 2.05) is 49.4 Å². The first-order valence-electron chi connectivity index (χ1n) is 10.8. The van der Waals surface area contributed by atoms with E-state index in [4.69, 9.17) is 4.99 Å². The quantitative estimate of drug-likeness (QED) is 0.253. The van der Waals surface area contributed by atoms with E-state index in [9.17, 15) is 5.11 Å². The Balaban J connectivity index is 1.96. The zero-order valence-corrected chi connectivity index (χ0v) is 17.4. The number of aliphatic hydroxyl groups excluding tert-OH is 1. The molecule has 0 radical (unpaired) electrons. The van der Waals surface area contributed by atoms with E-state index in [-0.39, 0.29) is 6.04 Å². The second kappa shape index (κ2) is 13.1. The highest BCUT2D eigenvalue weighted by molar-refractivity contribution is 6.12. The number of rotatable bonds is 12. The Morgan fingerprint density at radius 2 is 1.39 bits per heavy atom. The Labute approximate surface area is 171 Å². The summed E-state index contributed by atoms with van der Waals surface area (Å²) in [4.78, 5) is 4.88. The molecule has 2 heteroatoms. The molecule has 0 heterocycles. The lowest BCUT2D eigenvalue weighted by molar-refractivity contribution is 0.199. The van der Waals surface area contributed by atoms with Gasteiger partial charge in [-0.25, -0.2) is 0 Å². The fourth-order valence-corrected chi connectivity index (χ4v) is 3.23. The average Bonchev–Trinajstić information content (AvgIpc) is 2.74. The number of hydrogen-bond acceptors (Lipinski definition) is 2. The van der Waals surface area contributed by atoms with Gasteiger partial charge in [-0.15, -0.1) is 0 Å². The van der Waals surface area contributed by atoms with E-state index >= 15 is 0 Å². The first-order valence-corrected chi connectivity index (χ1v) is 10.8. The van der Waals surface area contributed by atoms with E-state index in [2.05, 4.69) is 37.3 Å². The standard InChI is InChI=1S/C26H35NO/c1-3-4-5-6-7-8-9-16-21-25(28)22(2)27-26(23-17-12-10-13-18-23)24-19-14-11-15-20-24/h10-22,25,28H,3-9H2,1-2H3/b21-16+/t22-,25+/m1/s1. The molecule has 0 unspecified atom stereocenters. The number of hydrogen-bond donors (Lipinski definition) is 1. The normalized spacial score (nSPS) is 13.4. The SMILES string of the molecule is CCCCCCCC/C=C/[C@H](O)[C@@H](C)N=C(c1ccccc1)c1ccccc1. The molecule has 0 saturated heterocycles. The van der Waals surface area contributed by atoms with Gasteiger partial charge < -0.3 is 5.11 Å². The molecular formula is C26H35NO. The van der Waals surface area contributed by atoms with Gasteiger partial charge in [0.15, 0.2) is 0 Å². The van der Waals surface area contributed by atoms with E-state index in [1.165, 1.54) is 38.5 Å². The highest BCUT2D eigenvalue weighted by Crippen LogP contribution is 2.14.